The Morgan fingerprint density at radius 2 is 1.84 bits per heavy atom. The molecule has 2 aromatic rings. The standard InChI is InChI=1S/C16H23N3/c1-12(2)17-8-16-10-19(11-18-16)9-15-6-13(3)5-14(4)7-15/h5-7,10-12,17H,8-9H2,1-4H3. The molecular formula is C16H23N3. The molecule has 0 atom stereocenters. The molecular weight excluding hydrogens is 234 g/mol. The number of rotatable bonds is 5. The first-order chi connectivity index (χ1) is 9.02. The van der Waals surface area contributed by atoms with Gasteiger partial charge in [-0.15, -0.1) is 0 Å². The molecule has 0 saturated heterocycles. The fourth-order valence-electron chi connectivity index (χ4n) is 2.26. The van der Waals surface area contributed by atoms with Gasteiger partial charge in [0.1, 0.15) is 0 Å². The summed E-state index contributed by atoms with van der Waals surface area (Å²) in [7, 11) is 0. The molecule has 2 rings (SSSR count). The van der Waals surface area contributed by atoms with E-state index in [2.05, 4.69) is 67.0 Å². The highest BCUT2D eigenvalue weighted by Gasteiger charge is 2.02. The molecule has 0 amide bonds. The Labute approximate surface area is 115 Å². The SMILES string of the molecule is Cc1cc(C)cc(Cn2cnc(CNC(C)C)c2)c1. The van der Waals surface area contributed by atoms with Crippen molar-refractivity contribution in [3.05, 3.63) is 53.1 Å². The molecule has 0 aliphatic heterocycles. The highest BCUT2D eigenvalue weighted by molar-refractivity contribution is 5.28. The van der Waals surface area contributed by atoms with Crippen molar-refractivity contribution < 1.29 is 0 Å². The quantitative estimate of drug-likeness (QED) is 0.892. The average Bonchev–Trinajstić information content (AvgIpc) is 2.72. The normalized spacial score (nSPS) is 11.2. The molecule has 1 aromatic heterocycles. The van der Waals surface area contributed by atoms with Crippen molar-refractivity contribution in [1.82, 2.24) is 14.9 Å². The summed E-state index contributed by atoms with van der Waals surface area (Å²) in [5.41, 5.74) is 5.06. The molecule has 0 spiro atoms. The Morgan fingerprint density at radius 3 is 2.47 bits per heavy atom. The summed E-state index contributed by atoms with van der Waals surface area (Å²) in [5, 5.41) is 3.38. The number of nitrogens with one attached hydrogen (secondary N) is 1. The zero-order chi connectivity index (χ0) is 13.8. The van der Waals surface area contributed by atoms with Crippen LogP contribution in [-0.2, 0) is 13.1 Å². The summed E-state index contributed by atoms with van der Waals surface area (Å²) >= 11 is 0. The lowest BCUT2D eigenvalue weighted by Crippen LogP contribution is -2.21. The first-order valence-electron chi connectivity index (χ1n) is 6.84. The Balaban J connectivity index is 2.03. The third-order valence-electron chi connectivity index (χ3n) is 3.02. The van der Waals surface area contributed by atoms with E-state index in [0.717, 1.165) is 18.8 Å². The van der Waals surface area contributed by atoms with Crippen molar-refractivity contribution in [3.63, 3.8) is 0 Å². The Bertz CT molecular complexity index is 520. The number of benzene rings is 1. The van der Waals surface area contributed by atoms with Crippen LogP contribution in [0.25, 0.3) is 0 Å². The minimum atomic E-state index is 0.490. The molecule has 0 aliphatic rings. The molecule has 0 unspecified atom stereocenters. The highest BCUT2D eigenvalue weighted by atomic mass is 15.0. The molecule has 0 aliphatic carbocycles. The van der Waals surface area contributed by atoms with Gasteiger partial charge in [-0.2, -0.15) is 0 Å². The van der Waals surface area contributed by atoms with Crippen molar-refractivity contribution in [1.29, 1.82) is 0 Å². The van der Waals surface area contributed by atoms with Gasteiger partial charge >= 0.3 is 0 Å². The van der Waals surface area contributed by atoms with E-state index in [-0.39, 0.29) is 0 Å². The number of nitrogens with zero attached hydrogens (tertiary/aromatic N) is 2. The Kier molecular flexibility index (Phi) is 4.38. The van der Waals surface area contributed by atoms with Crippen LogP contribution in [0.3, 0.4) is 0 Å². The second kappa shape index (κ2) is 6.02. The fraction of sp³-hybridized carbons (Fsp3) is 0.438. The maximum Gasteiger partial charge on any atom is 0.0953 e. The van der Waals surface area contributed by atoms with E-state index >= 15 is 0 Å². The largest absolute Gasteiger partial charge is 0.333 e. The molecule has 0 fully saturated rings. The van der Waals surface area contributed by atoms with Crippen LogP contribution in [0.5, 0.6) is 0 Å². The third kappa shape index (κ3) is 4.21. The summed E-state index contributed by atoms with van der Waals surface area (Å²) in [4.78, 5) is 4.43. The van der Waals surface area contributed by atoms with Gasteiger partial charge in [-0.05, 0) is 19.4 Å². The summed E-state index contributed by atoms with van der Waals surface area (Å²) in [5.74, 6) is 0. The fourth-order valence-corrected chi connectivity index (χ4v) is 2.26. The average molecular weight is 257 g/mol. The van der Waals surface area contributed by atoms with Gasteiger partial charge in [-0.25, -0.2) is 4.98 Å². The van der Waals surface area contributed by atoms with E-state index in [9.17, 15) is 0 Å². The second-order valence-corrected chi connectivity index (χ2v) is 5.57. The van der Waals surface area contributed by atoms with Crippen LogP contribution in [0.4, 0.5) is 0 Å². The van der Waals surface area contributed by atoms with Crippen LogP contribution in [0.2, 0.25) is 0 Å². The maximum atomic E-state index is 4.43. The van der Waals surface area contributed by atoms with E-state index in [0.29, 0.717) is 6.04 Å². The molecule has 102 valence electrons. The van der Waals surface area contributed by atoms with Crippen molar-refractivity contribution in [2.45, 2.75) is 46.8 Å². The van der Waals surface area contributed by atoms with Gasteiger partial charge in [-0.3, -0.25) is 0 Å². The molecule has 1 heterocycles. The highest BCUT2D eigenvalue weighted by Crippen LogP contribution is 2.10. The zero-order valence-corrected chi connectivity index (χ0v) is 12.3. The van der Waals surface area contributed by atoms with Crippen LogP contribution < -0.4 is 5.32 Å². The van der Waals surface area contributed by atoms with Crippen LogP contribution in [0, 0.1) is 13.8 Å². The van der Waals surface area contributed by atoms with Crippen molar-refractivity contribution in [2.75, 3.05) is 0 Å². The number of hydrogen-bond acceptors (Lipinski definition) is 2. The number of aromatic nitrogens is 2. The van der Waals surface area contributed by atoms with Crippen LogP contribution in [0.1, 0.15) is 36.2 Å². The minimum Gasteiger partial charge on any atom is -0.333 e. The molecule has 1 aromatic carbocycles. The maximum absolute atomic E-state index is 4.43. The lowest BCUT2D eigenvalue weighted by Gasteiger charge is -2.06. The van der Waals surface area contributed by atoms with Gasteiger partial charge in [0.25, 0.3) is 0 Å². The van der Waals surface area contributed by atoms with E-state index < -0.39 is 0 Å². The van der Waals surface area contributed by atoms with Gasteiger partial charge in [0.15, 0.2) is 0 Å². The van der Waals surface area contributed by atoms with Crippen molar-refractivity contribution in [3.8, 4) is 0 Å². The molecule has 3 heteroatoms. The molecule has 0 radical (unpaired) electrons. The zero-order valence-electron chi connectivity index (χ0n) is 12.3. The molecule has 19 heavy (non-hydrogen) atoms. The van der Waals surface area contributed by atoms with Crippen LogP contribution in [0.15, 0.2) is 30.7 Å². The van der Waals surface area contributed by atoms with Crippen molar-refractivity contribution in [2.24, 2.45) is 0 Å². The van der Waals surface area contributed by atoms with Gasteiger partial charge in [-0.1, -0.05) is 43.2 Å². The first kappa shape index (κ1) is 13.8. The Hall–Kier alpha value is -1.61. The minimum absolute atomic E-state index is 0.490. The van der Waals surface area contributed by atoms with Crippen LogP contribution >= 0.6 is 0 Å². The monoisotopic (exact) mass is 257 g/mol. The van der Waals surface area contributed by atoms with E-state index in [1.807, 2.05) is 6.33 Å². The van der Waals surface area contributed by atoms with Crippen molar-refractivity contribution >= 4 is 0 Å². The predicted octanol–water partition coefficient (Wildman–Crippen LogP) is 3.05. The molecule has 3 nitrogen and oxygen atoms in total. The number of imidazole rings is 1. The molecule has 0 bridgehead atoms. The lowest BCUT2D eigenvalue weighted by molar-refractivity contribution is 0.582. The number of aryl methyl sites for hydroxylation is 2. The molecule has 1 N–H and O–H groups in total. The van der Waals surface area contributed by atoms with Gasteiger partial charge < -0.3 is 9.88 Å². The summed E-state index contributed by atoms with van der Waals surface area (Å²) in [6.45, 7) is 10.3. The summed E-state index contributed by atoms with van der Waals surface area (Å²) in [6.07, 6.45) is 4.03. The predicted molar refractivity (Wildman–Crippen MR) is 79.2 cm³/mol. The third-order valence-corrected chi connectivity index (χ3v) is 3.02. The second-order valence-electron chi connectivity index (χ2n) is 5.57. The number of hydrogen-bond donors (Lipinski definition) is 1. The summed E-state index contributed by atoms with van der Waals surface area (Å²) < 4.78 is 2.14. The van der Waals surface area contributed by atoms with Gasteiger partial charge in [0, 0.05) is 25.3 Å². The molecule has 0 saturated carbocycles. The first-order valence-corrected chi connectivity index (χ1v) is 6.84. The van der Waals surface area contributed by atoms with E-state index in [1.54, 1.807) is 0 Å². The van der Waals surface area contributed by atoms with E-state index in [4.69, 9.17) is 0 Å². The Morgan fingerprint density at radius 1 is 1.16 bits per heavy atom. The van der Waals surface area contributed by atoms with Crippen LogP contribution in [-0.4, -0.2) is 15.6 Å². The van der Waals surface area contributed by atoms with Gasteiger partial charge in [0.2, 0.25) is 0 Å². The summed E-state index contributed by atoms with van der Waals surface area (Å²) in [6, 6.07) is 7.16. The van der Waals surface area contributed by atoms with Gasteiger partial charge in [0.05, 0.1) is 12.0 Å². The lowest BCUT2D eigenvalue weighted by atomic mass is 10.1. The van der Waals surface area contributed by atoms with E-state index in [1.165, 1.54) is 16.7 Å². The topological polar surface area (TPSA) is 29.9 Å². The smallest absolute Gasteiger partial charge is 0.0953 e.